The van der Waals surface area contributed by atoms with E-state index in [2.05, 4.69) is 26.0 Å². The summed E-state index contributed by atoms with van der Waals surface area (Å²) >= 11 is 10.6. The standard InChI is InChI=1S/C14H14BrClF2N2O3S/c15-9-6-8(16)7-10(11(9)23-14(17)18)19-12(21)13(22)20-2-1-4-24-5-3-20/h6-7,14H,1-5H2,(H,19,21). The highest BCUT2D eigenvalue weighted by atomic mass is 79.9. The monoisotopic (exact) mass is 442 g/mol. The third-order valence-corrected chi connectivity index (χ3v) is 5.02. The Morgan fingerprint density at radius 2 is 2.08 bits per heavy atom. The minimum absolute atomic E-state index is 0.0998. The Labute approximate surface area is 155 Å². The number of hydrogen-bond donors (Lipinski definition) is 1. The molecule has 0 bridgehead atoms. The minimum Gasteiger partial charge on any atom is -0.431 e. The third-order valence-electron chi connectivity index (χ3n) is 3.17. The summed E-state index contributed by atoms with van der Waals surface area (Å²) in [5, 5.41) is 2.50. The zero-order chi connectivity index (χ0) is 17.7. The van der Waals surface area contributed by atoms with Crippen LogP contribution in [0.1, 0.15) is 6.42 Å². The lowest BCUT2D eigenvalue weighted by molar-refractivity contribution is -0.142. The van der Waals surface area contributed by atoms with Gasteiger partial charge < -0.3 is 15.0 Å². The Morgan fingerprint density at radius 1 is 1.33 bits per heavy atom. The summed E-state index contributed by atoms with van der Waals surface area (Å²) in [6, 6.07) is 2.59. The Morgan fingerprint density at radius 3 is 2.79 bits per heavy atom. The van der Waals surface area contributed by atoms with Crippen molar-refractivity contribution in [2.24, 2.45) is 0 Å². The average molecular weight is 444 g/mol. The maximum Gasteiger partial charge on any atom is 0.387 e. The fraction of sp³-hybridized carbons (Fsp3) is 0.429. The van der Waals surface area contributed by atoms with Crippen LogP contribution in [0.4, 0.5) is 14.5 Å². The Hall–Kier alpha value is -1.06. The van der Waals surface area contributed by atoms with Crippen LogP contribution in [-0.2, 0) is 9.59 Å². The predicted molar refractivity (Wildman–Crippen MR) is 92.9 cm³/mol. The molecule has 0 spiro atoms. The van der Waals surface area contributed by atoms with E-state index < -0.39 is 18.4 Å². The molecular weight excluding hydrogens is 430 g/mol. The largest absolute Gasteiger partial charge is 0.431 e. The fourth-order valence-electron chi connectivity index (χ4n) is 2.13. The van der Waals surface area contributed by atoms with Crippen molar-refractivity contribution in [3.8, 4) is 5.75 Å². The molecule has 10 heteroatoms. The van der Waals surface area contributed by atoms with Gasteiger partial charge in [0.15, 0.2) is 5.75 Å². The number of nitrogens with zero attached hydrogens (tertiary/aromatic N) is 1. The molecule has 1 saturated heterocycles. The highest BCUT2D eigenvalue weighted by molar-refractivity contribution is 9.10. The summed E-state index contributed by atoms with van der Waals surface area (Å²) in [4.78, 5) is 25.9. The molecule has 132 valence electrons. The van der Waals surface area contributed by atoms with Crippen LogP contribution in [0.25, 0.3) is 0 Å². The van der Waals surface area contributed by atoms with Gasteiger partial charge >= 0.3 is 18.4 Å². The molecule has 1 aromatic rings. The Bertz CT molecular complexity index is 628. The van der Waals surface area contributed by atoms with Gasteiger partial charge in [-0.1, -0.05) is 11.6 Å². The molecular formula is C14H14BrClF2N2O3S. The first kappa shape index (κ1) is 19.3. The van der Waals surface area contributed by atoms with Gasteiger partial charge in [0.2, 0.25) is 0 Å². The molecule has 0 saturated carbocycles. The zero-order valence-corrected chi connectivity index (χ0v) is 15.5. The Balaban J connectivity index is 2.16. The second-order valence-corrected chi connectivity index (χ2v) is 7.37. The van der Waals surface area contributed by atoms with E-state index in [9.17, 15) is 18.4 Å². The first-order chi connectivity index (χ1) is 11.4. The number of thioether (sulfide) groups is 1. The van der Waals surface area contributed by atoms with Gasteiger partial charge in [0.05, 0.1) is 10.2 Å². The lowest BCUT2D eigenvalue weighted by Crippen LogP contribution is -2.41. The number of carbonyl (C=O) groups is 2. The zero-order valence-electron chi connectivity index (χ0n) is 12.4. The average Bonchev–Trinajstić information content (AvgIpc) is 2.78. The van der Waals surface area contributed by atoms with Crippen molar-refractivity contribution < 1.29 is 23.1 Å². The molecule has 1 aliphatic heterocycles. The van der Waals surface area contributed by atoms with Crippen LogP contribution in [0.15, 0.2) is 16.6 Å². The van der Waals surface area contributed by atoms with E-state index in [-0.39, 0.29) is 20.9 Å². The number of nitrogens with one attached hydrogen (secondary N) is 1. The molecule has 2 amide bonds. The predicted octanol–water partition coefficient (Wildman–Crippen LogP) is 3.61. The van der Waals surface area contributed by atoms with E-state index in [0.717, 1.165) is 17.9 Å². The number of hydrogen-bond acceptors (Lipinski definition) is 4. The molecule has 5 nitrogen and oxygen atoms in total. The third kappa shape index (κ3) is 5.22. The molecule has 0 unspecified atom stereocenters. The number of amides is 2. The summed E-state index contributed by atoms with van der Waals surface area (Å²) in [6.45, 7) is -2.13. The van der Waals surface area contributed by atoms with Gasteiger partial charge in [0.25, 0.3) is 0 Å². The molecule has 2 rings (SSSR count). The molecule has 0 atom stereocenters. The first-order valence-corrected chi connectivity index (χ1v) is 9.33. The maximum atomic E-state index is 12.5. The first-order valence-electron chi connectivity index (χ1n) is 7.00. The second-order valence-electron chi connectivity index (χ2n) is 4.86. The van der Waals surface area contributed by atoms with Crippen molar-refractivity contribution in [1.82, 2.24) is 4.90 Å². The van der Waals surface area contributed by atoms with Crippen LogP contribution < -0.4 is 10.1 Å². The number of ether oxygens (including phenoxy) is 1. The topological polar surface area (TPSA) is 58.6 Å². The quantitative estimate of drug-likeness (QED) is 0.725. The number of carbonyl (C=O) groups excluding carboxylic acids is 2. The normalized spacial score (nSPS) is 15.1. The lowest BCUT2D eigenvalue weighted by atomic mass is 10.2. The molecule has 1 heterocycles. The van der Waals surface area contributed by atoms with Gasteiger partial charge in [-0.25, -0.2) is 0 Å². The van der Waals surface area contributed by atoms with E-state index in [4.69, 9.17) is 11.6 Å². The summed E-state index contributed by atoms with van der Waals surface area (Å²) in [5.41, 5.74) is -0.0998. The minimum atomic E-state index is -3.09. The molecule has 0 aromatic heterocycles. The van der Waals surface area contributed by atoms with Crippen LogP contribution >= 0.6 is 39.3 Å². The van der Waals surface area contributed by atoms with Crippen LogP contribution in [0.2, 0.25) is 5.02 Å². The molecule has 1 aliphatic rings. The van der Waals surface area contributed by atoms with Crippen LogP contribution in [0, 0.1) is 0 Å². The number of alkyl halides is 2. The van der Waals surface area contributed by atoms with Gasteiger partial charge in [0, 0.05) is 23.9 Å². The van der Waals surface area contributed by atoms with Gasteiger partial charge in [-0.15, -0.1) is 0 Å². The van der Waals surface area contributed by atoms with Crippen LogP contribution in [-0.4, -0.2) is 47.9 Å². The van der Waals surface area contributed by atoms with Crippen molar-refractivity contribution in [1.29, 1.82) is 0 Å². The Kier molecular flexibility index (Phi) is 7.12. The molecule has 1 fully saturated rings. The van der Waals surface area contributed by atoms with Crippen molar-refractivity contribution >= 4 is 56.8 Å². The van der Waals surface area contributed by atoms with Crippen molar-refractivity contribution in [3.05, 3.63) is 21.6 Å². The molecule has 1 N–H and O–H groups in total. The fourth-order valence-corrected chi connectivity index (χ4v) is 3.92. The van der Waals surface area contributed by atoms with Gasteiger partial charge in [0.1, 0.15) is 0 Å². The highest BCUT2D eigenvalue weighted by Gasteiger charge is 2.25. The van der Waals surface area contributed by atoms with E-state index in [0.29, 0.717) is 13.1 Å². The van der Waals surface area contributed by atoms with Crippen molar-refractivity contribution in [2.45, 2.75) is 13.0 Å². The van der Waals surface area contributed by atoms with Crippen LogP contribution in [0.3, 0.4) is 0 Å². The maximum absolute atomic E-state index is 12.5. The van der Waals surface area contributed by atoms with Gasteiger partial charge in [-0.2, -0.15) is 20.5 Å². The van der Waals surface area contributed by atoms with Gasteiger partial charge in [-0.3, -0.25) is 9.59 Å². The smallest absolute Gasteiger partial charge is 0.387 e. The second kappa shape index (κ2) is 8.87. The van der Waals surface area contributed by atoms with Crippen molar-refractivity contribution in [2.75, 3.05) is 29.9 Å². The summed E-state index contributed by atoms with van der Waals surface area (Å²) in [6.07, 6.45) is 0.798. The number of benzene rings is 1. The molecule has 24 heavy (non-hydrogen) atoms. The summed E-state index contributed by atoms with van der Waals surface area (Å²) in [5.74, 6) is -0.241. The van der Waals surface area contributed by atoms with Crippen LogP contribution in [0.5, 0.6) is 5.75 Å². The number of halogens is 4. The van der Waals surface area contributed by atoms with Gasteiger partial charge in [-0.05, 0) is 40.2 Å². The SMILES string of the molecule is O=C(Nc1cc(Cl)cc(Br)c1OC(F)F)C(=O)N1CCCSCC1. The summed E-state index contributed by atoms with van der Waals surface area (Å²) in [7, 11) is 0. The van der Waals surface area contributed by atoms with E-state index in [1.165, 1.54) is 17.0 Å². The highest BCUT2D eigenvalue weighted by Crippen LogP contribution is 2.37. The lowest BCUT2D eigenvalue weighted by Gasteiger charge is -2.20. The van der Waals surface area contributed by atoms with E-state index in [1.807, 2.05) is 0 Å². The summed E-state index contributed by atoms with van der Waals surface area (Å²) < 4.78 is 29.6. The molecule has 0 aliphatic carbocycles. The van der Waals surface area contributed by atoms with E-state index in [1.54, 1.807) is 11.8 Å². The van der Waals surface area contributed by atoms with E-state index >= 15 is 0 Å². The van der Waals surface area contributed by atoms with Crippen molar-refractivity contribution in [3.63, 3.8) is 0 Å². The molecule has 1 aromatic carbocycles. The number of anilines is 1. The molecule has 0 radical (unpaired) electrons. The number of rotatable bonds is 3.